The van der Waals surface area contributed by atoms with Crippen LogP contribution in [0.4, 0.5) is 0 Å². The van der Waals surface area contributed by atoms with Gasteiger partial charge in [-0.05, 0) is 37.1 Å². The van der Waals surface area contributed by atoms with Gasteiger partial charge in [0.05, 0.1) is 0 Å². The van der Waals surface area contributed by atoms with Crippen LogP contribution in [-0.2, 0) is 17.9 Å². The second kappa shape index (κ2) is 6.52. The second-order valence-corrected chi connectivity index (χ2v) is 5.32. The van der Waals surface area contributed by atoms with Crippen LogP contribution >= 0.6 is 0 Å². The predicted octanol–water partition coefficient (Wildman–Crippen LogP) is 0.934. The number of carbonyl (C=O) groups is 2. The number of amides is 2. The molecule has 0 atom stereocenters. The Hall–Kier alpha value is -1.88. The summed E-state index contributed by atoms with van der Waals surface area (Å²) in [5, 5.41) is 8.81. The quantitative estimate of drug-likeness (QED) is 0.749. The molecule has 1 aromatic carbocycles. The summed E-state index contributed by atoms with van der Waals surface area (Å²) in [6, 6.07) is 5.85. The third kappa shape index (κ3) is 3.81. The van der Waals surface area contributed by atoms with Crippen LogP contribution in [-0.4, -0.2) is 24.4 Å². The summed E-state index contributed by atoms with van der Waals surface area (Å²) < 4.78 is 0. The van der Waals surface area contributed by atoms with Gasteiger partial charge in [0.25, 0.3) is 5.91 Å². The number of carbonyl (C=O) groups excluding carboxylic acids is 2. The lowest BCUT2D eigenvalue weighted by atomic mass is 10.1. The molecule has 1 heterocycles. The Labute approximate surface area is 119 Å². The maximum absolute atomic E-state index is 12.0. The molecule has 2 rings (SSSR count). The van der Waals surface area contributed by atoms with Gasteiger partial charge in [0.15, 0.2) is 0 Å². The van der Waals surface area contributed by atoms with Gasteiger partial charge in [0.1, 0.15) is 0 Å². The molecule has 2 amide bonds. The first-order chi connectivity index (χ1) is 9.56. The lowest BCUT2D eigenvalue weighted by Crippen LogP contribution is -2.34. The molecule has 0 saturated carbocycles. The van der Waals surface area contributed by atoms with Crippen LogP contribution < -0.4 is 16.0 Å². The fraction of sp³-hybridized carbons (Fsp3) is 0.467. The zero-order valence-electron chi connectivity index (χ0n) is 12.0. The summed E-state index contributed by atoms with van der Waals surface area (Å²) in [7, 11) is 0. The van der Waals surface area contributed by atoms with Gasteiger partial charge >= 0.3 is 0 Å². The van der Waals surface area contributed by atoms with Crippen LogP contribution in [0, 0.1) is 0 Å². The van der Waals surface area contributed by atoms with E-state index >= 15 is 0 Å². The Bertz CT molecular complexity index is 512. The number of hydrogen-bond acceptors (Lipinski definition) is 3. The van der Waals surface area contributed by atoms with E-state index in [2.05, 4.69) is 16.0 Å². The predicted molar refractivity (Wildman–Crippen MR) is 77.2 cm³/mol. The Kier molecular flexibility index (Phi) is 4.74. The van der Waals surface area contributed by atoms with E-state index in [1.54, 1.807) is 0 Å². The minimum atomic E-state index is -0.128. The molecule has 0 spiro atoms. The summed E-state index contributed by atoms with van der Waals surface area (Å²) in [6.07, 6.45) is 0.302. The minimum absolute atomic E-state index is 0.0431. The molecular formula is C15H21N3O2. The monoisotopic (exact) mass is 275 g/mol. The molecule has 1 aromatic rings. The SMILES string of the molecule is CC(C)NC(=O)CCNC(=O)c1ccc2c(c1)CNC2. The largest absolute Gasteiger partial charge is 0.354 e. The minimum Gasteiger partial charge on any atom is -0.354 e. The van der Waals surface area contributed by atoms with E-state index in [1.165, 1.54) is 11.1 Å². The summed E-state index contributed by atoms with van der Waals surface area (Å²) in [5.41, 5.74) is 3.07. The standard InChI is InChI=1S/C15H21N3O2/c1-10(2)18-14(19)5-6-17-15(20)11-3-4-12-8-16-9-13(12)7-11/h3-4,7,10,16H,5-6,8-9H2,1-2H3,(H,17,20)(H,18,19). The molecule has 20 heavy (non-hydrogen) atoms. The first-order valence-corrected chi connectivity index (χ1v) is 6.96. The van der Waals surface area contributed by atoms with Crippen LogP contribution in [0.3, 0.4) is 0 Å². The van der Waals surface area contributed by atoms with Crippen LogP contribution in [0.5, 0.6) is 0 Å². The molecule has 108 valence electrons. The third-order valence-corrected chi connectivity index (χ3v) is 3.19. The van der Waals surface area contributed by atoms with E-state index in [9.17, 15) is 9.59 Å². The number of fused-ring (bicyclic) bond motifs is 1. The molecule has 0 fully saturated rings. The molecule has 5 heteroatoms. The number of hydrogen-bond donors (Lipinski definition) is 3. The van der Waals surface area contributed by atoms with Crippen molar-refractivity contribution >= 4 is 11.8 Å². The van der Waals surface area contributed by atoms with E-state index in [0.29, 0.717) is 18.5 Å². The number of benzene rings is 1. The molecule has 1 aliphatic rings. The maximum Gasteiger partial charge on any atom is 0.251 e. The van der Waals surface area contributed by atoms with E-state index < -0.39 is 0 Å². The van der Waals surface area contributed by atoms with Gasteiger partial charge in [-0.25, -0.2) is 0 Å². The number of rotatable bonds is 5. The Morgan fingerprint density at radius 1 is 1.25 bits per heavy atom. The summed E-state index contributed by atoms with van der Waals surface area (Å²) in [5.74, 6) is -0.171. The Balaban J connectivity index is 1.82. The van der Waals surface area contributed by atoms with E-state index in [1.807, 2.05) is 32.0 Å². The van der Waals surface area contributed by atoms with Gasteiger partial charge < -0.3 is 16.0 Å². The Morgan fingerprint density at radius 2 is 2.00 bits per heavy atom. The van der Waals surface area contributed by atoms with Crippen LogP contribution in [0.15, 0.2) is 18.2 Å². The van der Waals surface area contributed by atoms with Crippen molar-refractivity contribution in [3.63, 3.8) is 0 Å². The lowest BCUT2D eigenvalue weighted by molar-refractivity contribution is -0.121. The van der Waals surface area contributed by atoms with Gasteiger partial charge in [-0.15, -0.1) is 0 Å². The van der Waals surface area contributed by atoms with Gasteiger partial charge in [0.2, 0.25) is 5.91 Å². The zero-order chi connectivity index (χ0) is 14.5. The average molecular weight is 275 g/mol. The van der Waals surface area contributed by atoms with Crippen LogP contribution in [0.1, 0.15) is 41.8 Å². The van der Waals surface area contributed by atoms with E-state index in [-0.39, 0.29) is 17.9 Å². The zero-order valence-corrected chi connectivity index (χ0v) is 12.0. The molecule has 0 bridgehead atoms. The fourth-order valence-corrected chi connectivity index (χ4v) is 2.22. The molecule has 0 unspecified atom stereocenters. The summed E-state index contributed by atoms with van der Waals surface area (Å²) in [4.78, 5) is 23.4. The van der Waals surface area contributed by atoms with E-state index in [0.717, 1.165) is 13.1 Å². The molecule has 0 radical (unpaired) electrons. The second-order valence-electron chi connectivity index (χ2n) is 5.32. The highest BCUT2D eigenvalue weighted by molar-refractivity contribution is 5.94. The van der Waals surface area contributed by atoms with Crippen molar-refractivity contribution in [2.75, 3.05) is 6.54 Å². The highest BCUT2D eigenvalue weighted by Crippen LogP contribution is 2.16. The number of nitrogens with one attached hydrogen (secondary N) is 3. The normalized spacial score (nSPS) is 13.2. The van der Waals surface area contributed by atoms with Crippen molar-refractivity contribution in [1.29, 1.82) is 0 Å². The molecule has 0 aromatic heterocycles. The van der Waals surface area contributed by atoms with Crippen molar-refractivity contribution in [3.8, 4) is 0 Å². The average Bonchev–Trinajstić information content (AvgIpc) is 2.84. The first kappa shape index (κ1) is 14.5. The first-order valence-electron chi connectivity index (χ1n) is 6.96. The van der Waals surface area contributed by atoms with Crippen molar-refractivity contribution in [1.82, 2.24) is 16.0 Å². The lowest BCUT2D eigenvalue weighted by Gasteiger charge is -2.09. The molecule has 5 nitrogen and oxygen atoms in total. The third-order valence-electron chi connectivity index (χ3n) is 3.19. The molecule has 0 saturated heterocycles. The highest BCUT2D eigenvalue weighted by Gasteiger charge is 2.13. The van der Waals surface area contributed by atoms with Gasteiger partial charge in [-0.3, -0.25) is 9.59 Å². The summed E-state index contributed by atoms with van der Waals surface area (Å²) in [6.45, 7) is 5.86. The molecule has 3 N–H and O–H groups in total. The van der Waals surface area contributed by atoms with Crippen molar-refractivity contribution in [2.45, 2.75) is 39.4 Å². The van der Waals surface area contributed by atoms with Crippen molar-refractivity contribution in [3.05, 3.63) is 34.9 Å². The van der Waals surface area contributed by atoms with Crippen molar-refractivity contribution < 1.29 is 9.59 Å². The van der Waals surface area contributed by atoms with E-state index in [4.69, 9.17) is 0 Å². The summed E-state index contributed by atoms with van der Waals surface area (Å²) >= 11 is 0. The van der Waals surface area contributed by atoms with Gasteiger partial charge in [0, 0.05) is 37.7 Å². The Morgan fingerprint density at radius 3 is 2.75 bits per heavy atom. The molecule has 1 aliphatic heterocycles. The van der Waals surface area contributed by atoms with Crippen LogP contribution in [0.2, 0.25) is 0 Å². The van der Waals surface area contributed by atoms with Crippen molar-refractivity contribution in [2.24, 2.45) is 0 Å². The van der Waals surface area contributed by atoms with Gasteiger partial charge in [-0.2, -0.15) is 0 Å². The van der Waals surface area contributed by atoms with Gasteiger partial charge in [-0.1, -0.05) is 6.07 Å². The molecular weight excluding hydrogens is 254 g/mol. The molecule has 0 aliphatic carbocycles. The smallest absolute Gasteiger partial charge is 0.251 e. The topological polar surface area (TPSA) is 70.2 Å². The fourth-order valence-electron chi connectivity index (χ4n) is 2.22. The highest BCUT2D eigenvalue weighted by atomic mass is 16.2. The van der Waals surface area contributed by atoms with Crippen LogP contribution in [0.25, 0.3) is 0 Å². The maximum atomic E-state index is 12.0.